The highest BCUT2D eigenvalue weighted by Crippen LogP contribution is 2.40. The molecule has 1 atom stereocenters. The number of carbonyl (C=O) groups is 2. The molecular weight excluding hydrogens is 357 g/mol. The van der Waals surface area contributed by atoms with Gasteiger partial charge in [-0.1, -0.05) is 12.0 Å². The van der Waals surface area contributed by atoms with Crippen LogP contribution >= 0.6 is 0 Å². The largest absolute Gasteiger partial charge is 0.366 e. The first-order valence-corrected chi connectivity index (χ1v) is 9.58. The summed E-state index contributed by atoms with van der Waals surface area (Å²) in [5.74, 6) is 3.68. The van der Waals surface area contributed by atoms with E-state index in [1.54, 1.807) is 6.92 Å². The zero-order valence-electron chi connectivity index (χ0n) is 15.7. The number of nitrogens with two attached hydrogens (primary N) is 1. The van der Waals surface area contributed by atoms with Gasteiger partial charge in [0.15, 0.2) is 0 Å². The lowest BCUT2D eigenvalue weighted by Gasteiger charge is -2.24. The molecular formula is C22H22FN3O2. The van der Waals surface area contributed by atoms with Gasteiger partial charge in [-0.2, -0.15) is 0 Å². The van der Waals surface area contributed by atoms with E-state index in [2.05, 4.69) is 22.1 Å². The Hall–Kier alpha value is -3.07. The molecule has 144 valence electrons. The molecule has 2 aliphatic rings. The monoisotopic (exact) mass is 379 g/mol. The number of carbonyl (C=O) groups excluding carboxylic acids is 2. The van der Waals surface area contributed by atoms with Crippen molar-refractivity contribution in [3.8, 4) is 11.8 Å². The van der Waals surface area contributed by atoms with E-state index >= 15 is 4.39 Å². The summed E-state index contributed by atoms with van der Waals surface area (Å²) in [5, 5.41) is 3.68. The van der Waals surface area contributed by atoms with Gasteiger partial charge in [-0.15, -0.1) is 0 Å². The Morgan fingerprint density at radius 3 is 2.93 bits per heavy atom. The molecule has 2 aliphatic carbocycles. The summed E-state index contributed by atoms with van der Waals surface area (Å²) in [4.78, 5) is 27.0. The average molecular weight is 379 g/mol. The van der Waals surface area contributed by atoms with Crippen molar-refractivity contribution in [1.82, 2.24) is 10.3 Å². The minimum atomic E-state index is -0.642. The number of halogens is 1. The topological polar surface area (TPSA) is 88.0 Å². The third-order valence-corrected chi connectivity index (χ3v) is 5.61. The number of hydrogen-bond acceptors (Lipinski definition) is 2. The molecule has 28 heavy (non-hydrogen) atoms. The van der Waals surface area contributed by atoms with Crippen molar-refractivity contribution in [1.29, 1.82) is 0 Å². The molecule has 0 spiro atoms. The maximum Gasteiger partial charge on any atom is 0.296 e. The van der Waals surface area contributed by atoms with Crippen LogP contribution in [0.3, 0.4) is 0 Å². The Kier molecular flexibility index (Phi) is 4.68. The number of aryl methyl sites for hydroxylation is 2. The maximum atomic E-state index is 15.2. The molecule has 0 saturated heterocycles. The van der Waals surface area contributed by atoms with Crippen LogP contribution in [-0.2, 0) is 17.6 Å². The number of primary amides is 1. The normalized spacial score (nSPS) is 18.2. The zero-order valence-corrected chi connectivity index (χ0v) is 15.7. The number of rotatable bonds is 3. The second kappa shape index (κ2) is 7.16. The van der Waals surface area contributed by atoms with Crippen LogP contribution in [0.2, 0.25) is 0 Å². The standard InChI is InChI=1S/C22H22FN3O2/c1-2-5-18(27)25-13-7-3-6-12(10-13)19-16(23)11-15(22(24)28)21-20(19)14-8-4-9-17(14)26-21/h6,11,13,26H,3-4,7-10H2,1H3,(H2,24,28)(H,25,27)/t13-/m0/s1. The van der Waals surface area contributed by atoms with E-state index in [1.165, 1.54) is 6.07 Å². The number of benzene rings is 1. The van der Waals surface area contributed by atoms with Crippen molar-refractivity contribution in [2.75, 3.05) is 0 Å². The highest BCUT2D eigenvalue weighted by molar-refractivity contribution is 6.09. The van der Waals surface area contributed by atoms with Crippen molar-refractivity contribution in [2.45, 2.75) is 51.5 Å². The van der Waals surface area contributed by atoms with Gasteiger partial charge < -0.3 is 16.0 Å². The van der Waals surface area contributed by atoms with E-state index in [0.717, 1.165) is 54.3 Å². The van der Waals surface area contributed by atoms with E-state index in [-0.39, 0.29) is 17.5 Å². The van der Waals surface area contributed by atoms with Gasteiger partial charge in [0.25, 0.3) is 11.8 Å². The van der Waals surface area contributed by atoms with Crippen LogP contribution in [0.15, 0.2) is 12.1 Å². The summed E-state index contributed by atoms with van der Waals surface area (Å²) in [6.45, 7) is 1.62. The van der Waals surface area contributed by atoms with E-state index < -0.39 is 11.7 Å². The van der Waals surface area contributed by atoms with Crippen LogP contribution in [0.4, 0.5) is 4.39 Å². The molecule has 0 fully saturated rings. The molecule has 0 bridgehead atoms. The molecule has 0 aliphatic heterocycles. The molecule has 1 aromatic heterocycles. The van der Waals surface area contributed by atoms with Crippen LogP contribution < -0.4 is 11.1 Å². The Balaban J connectivity index is 1.80. The highest BCUT2D eigenvalue weighted by Gasteiger charge is 2.28. The quantitative estimate of drug-likeness (QED) is 0.716. The fourth-order valence-electron chi connectivity index (χ4n) is 4.47. The van der Waals surface area contributed by atoms with Crippen LogP contribution in [0.25, 0.3) is 16.5 Å². The number of H-pyrrole nitrogens is 1. The van der Waals surface area contributed by atoms with Gasteiger partial charge in [0.2, 0.25) is 0 Å². The predicted molar refractivity (Wildman–Crippen MR) is 106 cm³/mol. The summed E-state index contributed by atoms with van der Waals surface area (Å²) in [6, 6.07) is 1.14. The van der Waals surface area contributed by atoms with Gasteiger partial charge in [-0.05, 0) is 68.6 Å². The Labute approximate surface area is 162 Å². The number of hydrogen-bond donors (Lipinski definition) is 3. The lowest BCUT2D eigenvalue weighted by molar-refractivity contribution is -0.116. The predicted octanol–water partition coefficient (Wildman–Crippen LogP) is 2.97. The zero-order chi connectivity index (χ0) is 19.8. The van der Waals surface area contributed by atoms with E-state index in [0.29, 0.717) is 17.5 Å². The van der Waals surface area contributed by atoms with E-state index in [9.17, 15) is 9.59 Å². The van der Waals surface area contributed by atoms with Gasteiger partial charge in [0.1, 0.15) is 5.82 Å². The van der Waals surface area contributed by atoms with Gasteiger partial charge >= 0.3 is 0 Å². The number of amides is 2. The van der Waals surface area contributed by atoms with E-state index in [4.69, 9.17) is 5.73 Å². The summed E-state index contributed by atoms with van der Waals surface area (Å²) < 4.78 is 15.2. The highest BCUT2D eigenvalue weighted by atomic mass is 19.1. The Morgan fingerprint density at radius 1 is 1.36 bits per heavy atom. The third-order valence-electron chi connectivity index (χ3n) is 5.61. The van der Waals surface area contributed by atoms with E-state index in [1.807, 2.05) is 6.08 Å². The molecule has 0 unspecified atom stereocenters. The van der Waals surface area contributed by atoms with Crippen molar-refractivity contribution in [3.05, 3.63) is 40.3 Å². The molecule has 4 N–H and O–H groups in total. The van der Waals surface area contributed by atoms with Crippen molar-refractivity contribution < 1.29 is 14.0 Å². The summed E-state index contributed by atoms with van der Waals surface area (Å²) in [6.07, 6.45) is 6.83. The molecule has 2 amide bonds. The number of fused-ring (bicyclic) bond motifs is 3. The molecule has 0 radical (unpaired) electrons. The number of aromatic amines is 1. The summed E-state index contributed by atoms with van der Waals surface area (Å²) in [5.41, 5.74) is 9.83. The third kappa shape index (κ3) is 3.07. The van der Waals surface area contributed by atoms with Crippen molar-refractivity contribution in [3.63, 3.8) is 0 Å². The Bertz CT molecular complexity index is 1080. The number of aromatic nitrogens is 1. The smallest absolute Gasteiger partial charge is 0.296 e. The second-order valence-corrected chi connectivity index (χ2v) is 7.39. The lowest BCUT2D eigenvalue weighted by Crippen LogP contribution is -2.35. The fourth-order valence-corrected chi connectivity index (χ4v) is 4.47. The minimum absolute atomic E-state index is 0.0920. The van der Waals surface area contributed by atoms with Crippen LogP contribution in [0.1, 0.15) is 59.8 Å². The fraction of sp³-hybridized carbons (Fsp3) is 0.364. The first-order chi connectivity index (χ1) is 13.5. The molecule has 1 aromatic carbocycles. The number of allylic oxidation sites excluding steroid dienone is 1. The van der Waals surface area contributed by atoms with Crippen molar-refractivity contribution >= 4 is 28.3 Å². The first kappa shape index (κ1) is 18.3. The Morgan fingerprint density at radius 2 is 2.18 bits per heavy atom. The van der Waals surface area contributed by atoms with Gasteiger partial charge in [0, 0.05) is 22.7 Å². The van der Waals surface area contributed by atoms with Crippen LogP contribution in [-0.4, -0.2) is 22.8 Å². The summed E-state index contributed by atoms with van der Waals surface area (Å²) in [7, 11) is 0. The molecule has 0 saturated carbocycles. The van der Waals surface area contributed by atoms with Gasteiger partial charge in [-0.25, -0.2) is 4.39 Å². The maximum absolute atomic E-state index is 15.2. The molecule has 5 nitrogen and oxygen atoms in total. The van der Waals surface area contributed by atoms with Crippen molar-refractivity contribution in [2.24, 2.45) is 5.73 Å². The van der Waals surface area contributed by atoms with Gasteiger partial charge in [0.05, 0.1) is 11.1 Å². The second-order valence-electron chi connectivity index (χ2n) is 7.39. The molecule has 4 rings (SSSR count). The summed E-state index contributed by atoms with van der Waals surface area (Å²) >= 11 is 0. The van der Waals surface area contributed by atoms with Crippen LogP contribution in [0.5, 0.6) is 0 Å². The van der Waals surface area contributed by atoms with Crippen LogP contribution in [0, 0.1) is 17.7 Å². The number of nitrogens with one attached hydrogen (secondary N) is 2. The first-order valence-electron chi connectivity index (χ1n) is 9.58. The van der Waals surface area contributed by atoms with Gasteiger partial charge in [-0.3, -0.25) is 9.59 Å². The SMILES string of the molecule is CC#CC(=O)N[C@H]1CCC=C(c2c(F)cc(C(N)=O)c3[nH]c4c(c23)CCC4)C1. The molecule has 1 heterocycles. The molecule has 6 heteroatoms. The lowest BCUT2D eigenvalue weighted by atomic mass is 9.86. The molecule has 2 aromatic rings. The minimum Gasteiger partial charge on any atom is -0.366 e. The average Bonchev–Trinajstić information content (AvgIpc) is 3.23.